The number of non-ortho nitro benzene ring substituents is 1. The minimum Gasteiger partial charge on any atom is -0.493 e. The number of hydrogen-bond donors (Lipinski definition) is 1. The molecular formula is C14H10Cl2N2O5S. The van der Waals surface area contributed by atoms with Crippen molar-refractivity contribution < 1.29 is 18.1 Å². The number of nitrogens with zero attached hydrogens (tertiary/aromatic N) is 1. The van der Waals surface area contributed by atoms with Gasteiger partial charge in [-0.05, 0) is 23.8 Å². The minimum atomic E-state index is -4.15. The van der Waals surface area contributed by atoms with Crippen LogP contribution in [0.5, 0.6) is 5.75 Å². The molecule has 0 saturated carbocycles. The van der Waals surface area contributed by atoms with Gasteiger partial charge < -0.3 is 4.74 Å². The van der Waals surface area contributed by atoms with E-state index in [2.05, 4.69) is 4.72 Å². The summed E-state index contributed by atoms with van der Waals surface area (Å²) in [6.07, 6.45) is 0.675. The van der Waals surface area contributed by atoms with Crippen LogP contribution in [0.25, 0.3) is 0 Å². The summed E-state index contributed by atoms with van der Waals surface area (Å²) in [7, 11) is -4.15. The van der Waals surface area contributed by atoms with Gasteiger partial charge in [0.15, 0.2) is 0 Å². The molecule has 3 rings (SSSR count). The van der Waals surface area contributed by atoms with E-state index in [1.165, 1.54) is 6.07 Å². The molecule has 0 unspecified atom stereocenters. The molecule has 2 aromatic rings. The number of halogens is 2. The summed E-state index contributed by atoms with van der Waals surface area (Å²) >= 11 is 11.7. The van der Waals surface area contributed by atoms with Crippen LogP contribution in [0.1, 0.15) is 5.56 Å². The van der Waals surface area contributed by atoms with Gasteiger partial charge in [-0.15, -0.1) is 0 Å². The predicted octanol–water partition coefficient (Wildman–Crippen LogP) is 3.64. The van der Waals surface area contributed by atoms with E-state index in [0.29, 0.717) is 24.5 Å². The Morgan fingerprint density at radius 3 is 2.67 bits per heavy atom. The molecule has 0 atom stereocenters. The van der Waals surface area contributed by atoms with E-state index in [1.54, 1.807) is 12.1 Å². The van der Waals surface area contributed by atoms with E-state index < -0.39 is 25.5 Å². The number of rotatable bonds is 4. The summed E-state index contributed by atoms with van der Waals surface area (Å²) in [4.78, 5) is 9.70. The Balaban J connectivity index is 2.00. The Bertz CT molecular complexity index is 946. The third kappa shape index (κ3) is 3.12. The molecular weight excluding hydrogens is 379 g/mol. The van der Waals surface area contributed by atoms with E-state index in [0.717, 1.165) is 17.7 Å². The van der Waals surface area contributed by atoms with Gasteiger partial charge in [-0.1, -0.05) is 23.2 Å². The number of ether oxygens (including phenoxy) is 1. The maximum Gasteiger partial charge on any atom is 0.272 e. The Hall–Kier alpha value is -2.03. The van der Waals surface area contributed by atoms with Gasteiger partial charge >= 0.3 is 0 Å². The van der Waals surface area contributed by atoms with Crippen molar-refractivity contribution in [1.82, 2.24) is 0 Å². The quantitative estimate of drug-likeness (QED) is 0.636. The average molecular weight is 389 g/mol. The van der Waals surface area contributed by atoms with E-state index in [4.69, 9.17) is 27.9 Å². The molecule has 2 aromatic carbocycles. The number of anilines is 1. The summed E-state index contributed by atoms with van der Waals surface area (Å²) < 4.78 is 32.8. The first-order chi connectivity index (χ1) is 11.3. The standard InChI is InChI=1S/C14H10Cl2N2O5S/c15-11-6-10(18(19)20)7-13(14(11)16)24(21,22)17-9-1-2-12-8(5-9)3-4-23-12/h1-2,5-7,17H,3-4H2. The first-order valence-corrected chi connectivity index (χ1v) is 8.94. The molecule has 0 spiro atoms. The predicted molar refractivity (Wildman–Crippen MR) is 89.6 cm³/mol. The van der Waals surface area contributed by atoms with Crippen molar-refractivity contribution in [3.8, 4) is 5.75 Å². The Morgan fingerprint density at radius 2 is 1.96 bits per heavy atom. The highest BCUT2D eigenvalue weighted by molar-refractivity contribution is 7.92. The molecule has 0 bridgehead atoms. The van der Waals surface area contributed by atoms with E-state index in [-0.39, 0.29) is 10.0 Å². The molecule has 0 fully saturated rings. The van der Waals surface area contributed by atoms with Crippen molar-refractivity contribution in [2.75, 3.05) is 11.3 Å². The largest absolute Gasteiger partial charge is 0.493 e. The molecule has 7 nitrogen and oxygen atoms in total. The normalized spacial score (nSPS) is 13.2. The second-order valence-electron chi connectivity index (χ2n) is 5.02. The van der Waals surface area contributed by atoms with Crippen LogP contribution in [0.2, 0.25) is 10.0 Å². The van der Waals surface area contributed by atoms with Crippen molar-refractivity contribution in [2.24, 2.45) is 0 Å². The molecule has 1 aliphatic rings. The highest BCUT2D eigenvalue weighted by Crippen LogP contribution is 2.35. The molecule has 0 saturated heterocycles. The van der Waals surface area contributed by atoms with E-state index >= 15 is 0 Å². The lowest BCUT2D eigenvalue weighted by Crippen LogP contribution is -2.14. The average Bonchev–Trinajstić information content (AvgIpc) is 2.96. The lowest BCUT2D eigenvalue weighted by atomic mass is 10.1. The number of fused-ring (bicyclic) bond motifs is 1. The SMILES string of the molecule is O=[N+]([O-])c1cc(Cl)c(Cl)c(S(=O)(=O)Nc2ccc3c(c2)CCO3)c1. The van der Waals surface area contributed by atoms with Crippen LogP contribution in [-0.2, 0) is 16.4 Å². The number of nitro groups is 1. The summed E-state index contributed by atoms with van der Waals surface area (Å²) in [6.45, 7) is 0.540. The molecule has 1 N–H and O–H groups in total. The molecule has 126 valence electrons. The first-order valence-electron chi connectivity index (χ1n) is 6.70. The second-order valence-corrected chi connectivity index (χ2v) is 7.46. The van der Waals surface area contributed by atoms with Crippen molar-refractivity contribution in [3.05, 3.63) is 56.1 Å². The molecule has 1 aliphatic heterocycles. The van der Waals surface area contributed by atoms with Crippen LogP contribution < -0.4 is 9.46 Å². The van der Waals surface area contributed by atoms with Gasteiger partial charge in [-0.3, -0.25) is 14.8 Å². The van der Waals surface area contributed by atoms with Gasteiger partial charge in [0.25, 0.3) is 15.7 Å². The van der Waals surface area contributed by atoms with E-state index in [1.807, 2.05) is 0 Å². The lowest BCUT2D eigenvalue weighted by molar-refractivity contribution is -0.385. The van der Waals surface area contributed by atoms with E-state index in [9.17, 15) is 18.5 Å². The lowest BCUT2D eigenvalue weighted by Gasteiger charge is -2.11. The summed E-state index contributed by atoms with van der Waals surface area (Å²) in [5.74, 6) is 0.703. The Kier molecular flexibility index (Phi) is 4.29. The third-order valence-electron chi connectivity index (χ3n) is 3.42. The third-order valence-corrected chi connectivity index (χ3v) is 5.74. The highest BCUT2D eigenvalue weighted by atomic mass is 35.5. The Labute approximate surface area is 147 Å². The first kappa shape index (κ1) is 16.8. The van der Waals surface area contributed by atoms with Crippen molar-refractivity contribution >= 4 is 44.6 Å². The maximum absolute atomic E-state index is 12.5. The van der Waals surface area contributed by atoms with Gasteiger partial charge in [0.05, 0.1) is 21.6 Å². The van der Waals surface area contributed by atoms with Crippen LogP contribution in [0.3, 0.4) is 0 Å². The van der Waals surface area contributed by atoms with Crippen molar-refractivity contribution in [2.45, 2.75) is 11.3 Å². The van der Waals surface area contributed by atoms with Crippen LogP contribution in [-0.4, -0.2) is 19.9 Å². The van der Waals surface area contributed by atoms with Gasteiger partial charge in [0, 0.05) is 24.2 Å². The summed E-state index contributed by atoms with van der Waals surface area (Å²) in [5, 5.41) is 10.4. The van der Waals surface area contributed by atoms with Gasteiger partial charge in [-0.25, -0.2) is 8.42 Å². The number of benzene rings is 2. The smallest absolute Gasteiger partial charge is 0.272 e. The van der Waals surface area contributed by atoms with Crippen molar-refractivity contribution in [3.63, 3.8) is 0 Å². The number of nitrogens with one attached hydrogen (secondary N) is 1. The molecule has 1 heterocycles. The molecule has 0 amide bonds. The monoisotopic (exact) mass is 388 g/mol. The number of hydrogen-bond acceptors (Lipinski definition) is 5. The van der Waals surface area contributed by atoms with Gasteiger partial charge in [0.2, 0.25) is 0 Å². The molecule has 24 heavy (non-hydrogen) atoms. The summed E-state index contributed by atoms with van der Waals surface area (Å²) in [5.41, 5.74) is 0.712. The topological polar surface area (TPSA) is 98.5 Å². The van der Waals surface area contributed by atoms with Crippen LogP contribution in [0.15, 0.2) is 35.2 Å². The zero-order chi connectivity index (χ0) is 17.5. The second kappa shape index (κ2) is 6.12. The van der Waals surface area contributed by atoms with Crippen LogP contribution in [0, 0.1) is 10.1 Å². The zero-order valence-corrected chi connectivity index (χ0v) is 14.3. The van der Waals surface area contributed by atoms with Crippen LogP contribution in [0.4, 0.5) is 11.4 Å². The fourth-order valence-electron chi connectivity index (χ4n) is 2.31. The summed E-state index contributed by atoms with van der Waals surface area (Å²) in [6, 6.07) is 6.70. The van der Waals surface area contributed by atoms with Gasteiger partial charge in [-0.2, -0.15) is 0 Å². The fourth-order valence-corrected chi connectivity index (χ4v) is 4.16. The zero-order valence-electron chi connectivity index (χ0n) is 12.0. The minimum absolute atomic E-state index is 0.214. The molecule has 0 aromatic heterocycles. The maximum atomic E-state index is 12.5. The van der Waals surface area contributed by atoms with Crippen molar-refractivity contribution in [1.29, 1.82) is 0 Å². The molecule has 0 radical (unpaired) electrons. The Morgan fingerprint density at radius 1 is 1.21 bits per heavy atom. The molecule has 0 aliphatic carbocycles. The number of sulfonamides is 1. The van der Waals surface area contributed by atoms with Gasteiger partial charge in [0.1, 0.15) is 10.6 Å². The molecule has 10 heteroatoms. The fraction of sp³-hybridized carbons (Fsp3) is 0.143. The van der Waals surface area contributed by atoms with Crippen LogP contribution >= 0.6 is 23.2 Å². The highest BCUT2D eigenvalue weighted by Gasteiger charge is 2.25. The number of nitro benzene ring substituents is 1.